The van der Waals surface area contributed by atoms with Crippen molar-refractivity contribution < 1.29 is 0 Å². The molecule has 1 saturated carbocycles. The molecule has 1 aliphatic carbocycles. The molecule has 0 aromatic heterocycles. The second-order valence-corrected chi connectivity index (χ2v) is 8.12. The Morgan fingerprint density at radius 1 is 1.23 bits per heavy atom. The van der Waals surface area contributed by atoms with E-state index in [4.69, 9.17) is 0 Å². The lowest BCUT2D eigenvalue weighted by molar-refractivity contribution is 0.277. The van der Waals surface area contributed by atoms with Gasteiger partial charge in [0, 0.05) is 11.7 Å². The quantitative estimate of drug-likeness (QED) is 0.537. The third kappa shape index (κ3) is 7.87. The van der Waals surface area contributed by atoms with Crippen LogP contribution in [-0.4, -0.2) is 6.04 Å². The molecule has 2 atom stereocenters. The highest BCUT2D eigenvalue weighted by Crippen LogP contribution is 2.30. The largest absolute Gasteiger partial charge is 0.386 e. The van der Waals surface area contributed by atoms with Gasteiger partial charge >= 0.3 is 0 Å². The minimum atomic E-state index is 0.325. The first kappa shape index (κ1) is 19.1. The van der Waals surface area contributed by atoms with E-state index >= 15 is 0 Å². The van der Waals surface area contributed by atoms with Crippen molar-refractivity contribution in [3.8, 4) is 0 Å². The molecule has 0 heterocycles. The Labute approximate surface area is 139 Å². The third-order valence-corrected chi connectivity index (χ3v) is 4.53. The molecule has 0 saturated heterocycles. The fraction of sp³-hybridized carbons (Fsp3) is 0.714. The Kier molecular flexibility index (Phi) is 8.00. The standard InChI is InChI=1S/C21H37N/c1-7-10-18(8-2)13-14-19-11-9-12-20(15-19)22-17(3)16-21(4,5)6/h7-8,10,19-20,22H,3,9,11-16H2,1-2,4-6H3/b10-7-,18-8+/t19-,20+/m1/s1. The summed E-state index contributed by atoms with van der Waals surface area (Å²) in [5.41, 5.74) is 3.03. The van der Waals surface area contributed by atoms with E-state index < -0.39 is 0 Å². The molecule has 126 valence electrons. The van der Waals surface area contributed by atoms with Gasteiger partial charge in [-0.2, -0.15) is 0 Å². The molecule has 0 spiro atoms. The van der Waals surface area contributed by atoms with Crippen LogP contribution in [0.1, 0.15) is 79.6 Å². The van der Waals surface area contributed by atoms with Gasteiger partial charge in [-0.3, -0.25) is 0 Å². The van der Waals surface area contributed by atoms with E-state index in [9.17, 15) is 0 Å². The van der Waals surface area contributed by atoms with Crippen molar-refractivity contribution >= 4 is 0 Å². The summed E-state index contributed by atoms with van der Waals surface area (Å²) in [6.45, 7) is 15.3. The first-order valence-electron chi connectivity index (χ1n) is 9.06. The highest BCUT2D eigenvalue weighted by atomic mass is 14.9. The van der Waals surface area contributed by atoms with Gasteiger partial charge in [-0.1, -0.05) is 64.0 Å². The van der Waals surface area contributed by atoms with Gasteiger partial charge < -0.3 is 5.32 Å². The molecule has 1 fully saturated rings. The van der Waals surface area contributed by atoms with Crippen LogP contribution in [0, 0.1) is 11.3 Å². The lowest BCUT2D eigenvalue weighted by Crippen LogP contribution is -2.34. The summed E-state index contributed by atoms with van der Waals surface area (Å²) < 4.78 is 0. The summed E-state index contributed by atoms with van der Waals surface area (Å²) >= 11 is 0. The highest BCUT2D eigenvalue weighted by Gasteiger charge is 2.23. The second-order valence-electron chi connectivity index (χ2n) is 8.12. The van der Waals surface area contributed by atoms with Crippen LogP contribution in [0.3, 0.4) is 0 Å². The first-order chi connectivity index (χ1) is 10.3. The molecule has 0 aromatic carbocycles. The highest BCUT2D eigenvalue weighted by molar-refractivity contribution is 5.17. The normalized spacial score (nSPS) is 23.8. The molecule has 0 bridgehead atoms. The molecule has 0 unspecified atom stereocenters. The van der Waals surface area contributed by atoms with Crippen molar-refractivity contribution in [1.29, 1.82) is 0 Å². The van der Waals surface area contributed by atoms with Crippen LogP contribution in [0.2, 0.25) is 0 Å². The van der Waals surface area contributed by atoms with Crippen molar-refractivity contribution in [3.63, 3.8) is 0 Å². The Balaban J connectivity index is 2.40. The number of allylic oxidation sites excluding steroid dienone is 5. The smallest absolute Gasteiger partial charge is 0.0260 e. The molecule has 1 N–H and O–H groups in total. The van der Waals surface area contributed by atoms with E-state index in [0.29, 0.717) is 11.5 Å². The Hall–Kier alpha value is -0.980. The molecule has 1 heteroatoms. The van der Waals surface area contributed by atoms with Gasteiger partial charge in [-0.15, -0.1) is 0 Å². The van der Waals surface area contributed by atoms with Crippen LogP contribution < -0.4 is 5.32 Å². The molecule has 1 aliphatic rings. The number of rotatable bonds is 7. The van der Waals surface area contributed by atoms with Gasteiger partial charge in [-0.05, 0) is 57.3 Å². The van der Waals surface area contributed by atoms with Gasteiger partial charge in [0.15, 0.2) is 0 Å². The molecular formula is C21H37N. The van der Waals surface area contributed by atoms with Gasteiger partial charge in [-0.25, -0.2) is 0 Å². The Bertz CT molecular complexity index is 395. The first-order valence-corrected chi connectivity index (χ1v) is 9.06. The zero-order valence-corrected chi connectivity index (χ0v) is 15.5. The van der Waals surface area contributed by atoms with Crippen molar-refractivity contribution in [2.45, 2.75) is 85.6 Å². The van der Waals surface area contributed by atoms with E-state index in [1.54, 1.807) is 0 Å². The average Bonchev–Trinajstić information content (AvgIpc) is 2.41. The van der Waals surface area contributed by atoms with Crippen LogP contribution in [0.5, 0.6) is 0 Å². The molecule has 0 aromatic rings. The van der Waals surface area contributed by atoms with Crippen molar-refractivity contribution in [2.24, 2.45) is 11.3 Å². The summed E-state index contributed by atoms with van der Waals surface area (Å²) in [7, 11) is 0. The topological polar surface area (TPSA) is 12.0 Å². The number of nitrogens with one attached hydrogen (secondary N) is 1. The second kappa shape index (κ2) is 9.22. The van der Waals surface area contributed by atoms with E-state index in [2.05, 4.69) is 64.7 Å². The minimum Gasteiger partial charge on any atom is -0.386 e. The van der Waals surface area contributed by atoms with Crippen molar-refractivity contribution in [2.75, 3.05) is 0 Å². The van der Waals surface area contributed by atoms with E-state index in [-0.39, 0.29) is 0 Å². The van der Waals surface area contributed by atoms with Crippen molar-refractivity contribution in [1.82, 2.24) is 5.32 Å². The number of hydrogen-bond acceptors (Lipinski definition) is 1. The zero-order chi connectivity index (χ0) is 16.6. The van der Waals surface area contributed by atoms with Gasteiger partial charge in [0.2, 0.25) is 0 Å². The van der Waals surface area contributed by atoms with Crippen LogP contribution in [0.4, 0.5) is 0 Å². The summed E-state index contributed by atoms with van der Waals surface area (Å²) in [6.07, 6.45) is 15.7. The Morgan fingerprint density at radius 3 is 2.55 bits per heavy atom. The van der Waals surface area contributed by atoms with Crippen LogP contribution in [0.15, 0.2) is 36.1 Å². The van der Waals surface area contributed by atoms with E-state index in [1.807, 2.05) is 0 Å². The fourth-order valence-electron chi connectivity index (χ4n) is 3.57. The maximum Gasteiger partial charge on any atom is 0.0260 e. The summed E-state index contributed by atoms with van der Waals surface area (Å²) in [5, 5.41) is 3.71. The summed E-state index contributed by atoms with van der Waals surface area (Å²) in [4.78, 5) is 0. The lowest BCUT2D eigenvalue weighted by atomic mass is 9.81. The molecule has 22 heavy (non-hydrogen) atoms. The van der Waals surface area contributed by atoms with Crippen LogP contribution in [-0.2, 0) is 0 Å². The maximum atomic E-state index is 4.24. The van der Waals surface area contributed by atoms with Gasteiger partial charge in [0.05, 0.1) is 0 Å². The summed E-state index contributed by atoms with van der Waals surface area (Å²) in [5.74, 6) is 0.869. The molecule has 0 radical (unpaired) electrons. The monoisotopic (exact) mass is 303 g/mol. The molecule has 0 aliphatic heterocycles. The molecule has 1 nitrogen and oxygen atoms in total. The van der Waals surface area contributed by atoms with Crippen LogP contribution in [0.25, 0.3) is 0 Å². The minimum absolute atomic E-state index is 0.325. The summed E-state index contributed by atoms with van der Waals surface area (Å²) in [6, 6.07) is 0.643. The van der Waals surface area contributed by atoms with Gasteiger partial charge in [0.1, 0.15) is 0 Å². The van der Waals surface area contributed by atoms with E-state index in [0.717, 1.165) is 12.3 Å². The fourth-order valence-corrected chi connectivity index (χ4v) is 3.57. The van der Waals surface area contributed by atoms with Crippen LogP contribution >= 0.6 is 0 Å². The lowest BCUT2D eigenvalue weighted by Gasteiger charge is -2.32. The van der Waals surface area contributed by atoms with Crippen molar-refractivity contribution in [3.05, 3.63) is 36.1 Å². The maximum absolute atomic E-state index is 4.24. The number of hydrogen-bond donors (Lipinski definition) is 1. The molecule has 1 rings (SSSR count). The molecule has 0 amide bonds. The predicted molar refractivity (Wildman–Crippen MR) is 99.9 cm³/mol. The predicted octanol–water partition coefficient (Wildman–Crippen LogP) is 6.39. The Morgan fingerprint density at radius 2 is 1.95 bits per heavy atom. The van der Waals surface area contributed by atoms with E-state index in [1.165, 1.54) is 49.8 Å². The molecular weight excluding hydrogens is 266 g/mol. The SMILES string of the molecule is C=C(CC(C)(C)C)N[C@H]1CCC[C@H](CCC(/C=C\C)=C/C)C1. The third-order valence-electron chi connectivity index (χ3n) is 4.53. The average molecular weight is 304 g/mol. The van der Waals surface area contributed by atoms with Gasteiger partial charge in [0.25, 0.3) is 0 Å². The zero-order valence-electron chi connectivity index (χ0n) is 15.5.